The van der Waals surface area contributed by atoms with Crippen LogP contribution in [0.25, 0.3) is 0 Å². The van der Waals surface area contributed by atoms with Gasteiger partial charge in [-0.2, -0.15) is 0 Å². The molecule has 0 bridgehead atoms. The molecule has 1 aromatic heterocycles. The first-order chi connectivity index (χ1) is 12.6. The molecule has 136 valence electrons. The highest BCUT2D eigenvalue weighted by atomic mass is 16.5. The molecule has 1 aromatic carbocycles. The van der Waals surface area contributed by atoms with Crippen LogP contribution >= 0.6 is 0 Å². The second-order valence-electron chi connectivity index (χ2n) is 6.22. The lowest BCUT2D eigenvalue weighted by atomic mass is 10.1. The number of carbonyl (C=O) groups excluding carboxylic acids is 2. The van der Waals surface area contributed by atoms with E-state index in [0.29, 0.717) is 17.0 Å². The number of likely N-dealkylation sites (tertiary alicyclic amines) is 1. The van der Waals surface area contributed by atoms with Crippen LogP contribution in [-0.4, -0.2) is 40.3 Å². The third-order valence-electron chi connectivity index (χ3n) is 4.46. The molecule has 26 heavy (non-hydrogen) atoms. The van der Waals surface area contributed by atoms with Crippen LogP contribution in [0.15, 0.2) is 36.7 Å². The second-order valence-corrected chi connectivity index (χ2v) is 6.22. The minimum Gasteiger partial charge on any atom is -0.497 e. The number of methoxy groups -OCH3 is 1. The molecule has 0 spiro atoms. The zero-order valence-corrected chi connectivity index (χ0v) is 14.9. The fraction of sp³-hybridized carbons (Fsp3) is 0.368. The monoisotopic (exact) mass is 354 g/mol. The van der Waals surface area contributed by atoms with E-state index < -0.39 is 0 Å². The maximum Gasteiger partial charge on any atom is 0.251 e. The lowest BCUT2D eigenvalue weighted by Gasteiger charge is -2.22. The number of ether oxygens (including phenoxy) is 1. The summed E-state index contributed by atoms with van der Waals surface area (Å²) in [7, 11) is 1.56. The highest BCUT2D eigenvalue weighted by Crippen LogP contribution is 2.30. The molecule has 2 heterocycles. The Kier molecular flexibility index (Phi) is 5.46. The normalized spacial score (nSPS) is 16.4. The van der Waals surface area contributed by atoms with Gasteiger partial charge in [-0.05, 0) is 31.0 Å². The number of rotatable bonds is 5. The van der Waals surface area contributed by atoms with Gasteiger partial charge in [0, 0.05) is 19.0 Å². The Balaban J connectivity index is 1.67. The molecule has 7 heteroatoms. The summed E-state index contributed by atoms with van der Waals surface area (Å²) in [5.41, 5.74) is 1.95. The molecule has 1 saturated heterocycles. The van der Waals surface area contributed by atoms with Crippen molar-refractivity contribution < 1.29 is 14.3 Å². The van der Waals surface area contributed by atoms with Crippen molar-refractivity contribution >= 4 is 11.8 Å². The van der Waals surface area contributed by atoms with Crippen molar-refractivity contribution in [1.82, 2.24) is 20.2 Å². The molecule has 2 amide bonds. The quantitative estimate of drug-likeness (QED) is 0.889. The predicted molar refractivity (Wildman–Crippen MR) is 95.6 cm³/mol. The summed E-state index contributed by atoms with van der Waals surface area (Å²) < 4.78 is 5.14. The molecule has 3 rings (SSSR count). The fourth-order valence-corrected chi connectivity index (χ4v) is 3.16. The van der Waals surface area contributed by atoms with E-state index in [2.05, 4.69) is 15.3 Å². The van der Waals surface area contributed by atoms with Crippen molar-refractivity contribution in [2.75, 3.05) is 13.7 Å². The van der Waals surface area contributed by atoms with Gasteiger partial charge in [0.05, 0.1) is 43.5 Å². The van der Waals surface area contributed by atoms with E-state index in [-0.39, 0.29) is 24.4 Å². The van der Waals surface area contributed by atoms with Gasteiger partial charge in [-0.1, -0.05) is 6.07 Å². The highest BCUT2D eigenvalue weighted by molar-refractivity contribution is 5.94. The van der Waals surface area contributed by atoms with Gasteiger partial charge >= 0.3 is 0 Å². The maximum absolute atomic E-state index is 12.3. The maximum atomic E-state index is 12.3. The summed E-state index contributed by atoms with van der Waals surface area (Å²) in [5, 5.41) is 2.84. The molecule has 2 aromatic rings. The van der Waals surface area contributed by atoms with Crippen LogP contribution in [0.2, 0.25) is 0 Å². The Labute approximate surface area is 152 Å². The van der Waals surface area contributed by atoms with E-state index in [0.717, 1.165) is 25.1 Å². The average molecular weight is 354 g/mol. The first kappa shape index (κ1) is 17.8. The van der Waals surface area contributed by atoms with Gasteiger partial charge in [-0.3, -0.25) is 19.6 Å². The van der Waals surface area contributed by atoms with Crippen LogP contribution in [0.3, 0.4) is 0 Å². The van der Waals surface area contributed by atoms with Gasteiger partial charge in [0.15, 0.2) is 0 Å². The molecule has 1 aliphatic rings. The van der Waals surface area contributed by atoms with Crippen molar-refractivity contribution in [2.45, 2.75) is 32.4 Å². The van der Waals surface area contributed by atoms with Crippen LogP contribution in [0.1, 0.15) is 47.6 Å². The number of carbonyl (C=O) groups is 2. The molecular formula is C19H22N4O3. The van der Waals surface area contributed by atoms with E-state index >= 15 is 0 Å². The van der Waals surface area contributed by atoms with Crippen LogP contribution in [-0.2, 0) is 11.3 Å². The average Bonchev–Trinajstić information content (AvgIpc) is 3.16. The van der Waals surface area contributed by atoms with Gasteiger partial charge in [-0.25, -0.2) is 0 Å². The SMILES string of the molecule is COc1cccc(C(=O)NCc2cncc([C@@H]3CCCN3C(C)=O)n2)c1. The summed E-state index contributed by atoms with van der Waals surface area (Å²) in [4.78, 5) is 34.7. The molecule has 0 unspecified atom stereocenters. The second kappa shape index (κ2) is 7.95. The molecule has 0 radical (unpaired) electrons. The van der Waals surface area contributed by atoms with Gasteiger partial charge < -0.3 is 15.0 Å². The first-order valence-corrected chi connectivity index (χ1v) is 8.59. The number of hydrogen-bond acceptors (Lipinski definition) is 5. The number of aromatic nitrogens is 2. The van der Waals surface area contributed by atoms with Gasteiger partial charge in [0.1, 0.15) is 5.75 Å². The number of nitrogens with zero attached hydrogens (tertiary/aromatic N) is 3. The van der Waals surface area contributed by atoms with E-state index in [4.69, 9.17) is 4.74 Å². The molecule has 1 aliphatic heterocycles. The van der Waals surface area contributed by atoms with Crippen molar-refractivity contribution in [3.63, 3.8) is 0 Å². The third kappa shape index (κ3) is 3.99. The van der Waals surface area contributed by atoms with Crippen molar-refractivity contribution in [1.29, 1.82) is 0 Å². The molecule has 1 atom stereocenters. The highest BCUT2D eigenvalue weighted by Gasteiger charge is 2.29. The van der Waals surface area contributed by atoms with Crippen molar-refractivity contribution in [3.8, 4) is 5.75 Å². The van der Waals surface area contributed by atoms with Gasteiger partial charge in [-0.15, -0.1) is 0 Å². The summed E-state index contributed by atoms with van der Waals surface area (Å²) in [5.74, 6) is 0.471. The zero-order valence-electron chi connectivity index (χ0n) is 14.9. The molecule has 7 nitrogen and oxygen atoms in total. The summed E-state index contributed by atoms with van der Waals surface area (Å²) in [6.07, 6.45) is 5.17. The standard InChI is InChI=1S/C19H22N4O3/c1-13(24)23-8-4-7-18(23)17-12-20-10-15(22-17)11-21-19(25)14-5-3-6-16(9-14)26-2/h3,5-6,9-10,12,18H,4,7-8,11H2,1-2H3,(H,21,25)/t18-/m0/s1. The molecule has 1 fully saturated rings. The van der Waals surface area contributed by atoms with E-state index in [1.165, 1.54) is 0 Å². The van der Waals surface area contributed by atoms with Gasteiger partial charge in [0.2, 0.25) is 5.91 Å². The Morgan fingerprint density at radius 3 is 2.96 bits per heavy atom. The Bertz CT molecular complexity index is 809. The first-order valence-electron chi connectivity index (χ1n) is 8.59. The lowest BCUT2D eigenvalue weighted by Crippen LogP contribution is -2.29. The van der Waals surface area contributed by atoms with E-state index in [1.807, 2.05) is 4.90 Å². The number of benzene rings is 1. The van der Waals surface area contributed by atoms with Crippen LogP contribution < -0.4 is 10.1 Å². The Morgan fingerprint density at radius 1 is 1.35 bits per heavy atom. The van der Waals surface area contributed by atoms with Crippen molar-refractivity contribution in [2.24, 2.45) is 0 Å². The summed E-state index contributed by atoms with van der Waals surface area (Å²) in [6, 6.07) is 6.93. The molecule has 1 N–H and O–H groups in total. The molecule has 0 saturated carbocycles. The van der Waals surface area contributed by atoms with Gasteiger partial charge in [0.25, 0.3) is 5.91 Å². The third-order valence-corrected chi connectivity index (χ3v) is 4.46. The number of amides is 2. The Morgan fingerprint density at radius 2 is 2.19 bits per heavy atom. The molecular weight excluding hydrogens is 332 g/mol. The summed E-state index contributed by atoms with van der Waals surface area (Å²) >= 11 is 0. The van der Waals surface area contributed by atoms with Crippen molar-refractivity contribution in [3.05, 3.63) is 53.6 Å². The minimum atomic E-state index is -0.206. The topological polar surface area (TPSA) is 84.4 Å². The number of hydrogen-bond donors (Lipinski definition) is 1. The van der Waals surface area contributed by atoms with E-state index in [1.54, 1.807) is 50.7 Å². The van der Waals surface area contributed by atoms with Crippen LogP contribution in [0, 0.1) is 0 Å². The Hall–Kier alpha value is -2.96. The molecule has 0 aliphatic carbocycles. The zero-order chi connectivity index (χ0) is 18.5. The van der Waals surface area contributed by atoms with E-state index in [9.17, 15) is 9.59 Å². The predicted octanol–water partition coefficient (Wildman–Crippen LogP) is 2.10. The minimum absolute atomic E-state index is 0.0333. The fourth-order valence-electron chi connectivity index (χ4n) is 3.16. The lowest BCUT2D eigenvalue weighted by molar-refractivity contribution is -0.129. The largest absolute Gasteiger partial charge is 0.497 e. The summed E-state index contributed by atoms with van der Waals surface area (Å²) in [6.45, 7) is 2.59. The smallest absolute Gasteiger partial charge is 0.251 e. The van der Waals surface area contributed by atoms with Crippen LogP contribution in [0.5, 0.6) is 5.75 Å². The van der Waals surface area contributed by atoms with Crippen LogP contribution in [0.4, 0.5) is 0 Å². The number of nitrogens with one attached hydrogen (secondary N) is 1.